The lowest BCUT2D eigenvalue weighted by Gasteiger charge is -2.20. The molecule has 24 heavy (non-hydrogen) atoms. The number of hydrogen-bond donors (Lipinski definition) is 1. The molecule has 2 aromatic rings. The van der Waals surface area contributed by atoms with E-state index in [2.05, 4.69) is 15.6 Å². The van der Waals surface area contributed by atoms with E-state index in [0.717, 1.165) is 23.4 Å². The summed E-state index contributed by atoms with van der Waals surface area (Å²) in [6.45, 7) is 4.84. The normalized spacial score (nSPS) is 20.5. The Morgan fingerprint density at radius 2 is 2.29 bits per heavy atom. The third-order valence-corrected chi connectivity index (χ3v) is 4.34. The predicted octanol–water partition coefficient (Wildman–Crippen LogP) is 1.43. The minimum absolute atomic E-state index is 0.123. The number of ether oxygens (including phenoxy) is 2. The number of hydrogen-bond acceptors (Lipinski definition) is 6. The summed E-state index contributed by atoms with van der Waals surface area (Å²) < 4.78 is 17.7. The molecule has 0 radical (unpaired) electrons. The lowest BCUT2D eigenvalue weighted by Crippen LogP contribution is -2.37. The second-order valence-corrected chi connectivity index (χ2v) is 5.98. The van der Waals surface area contributed by atoms with E-state index in [-0.39, 0.29) is 30.4 Å². The van der Waals surface area contributed by atoms with Crippen LogP contribution >= 0.6 is 0 Å². The number of rotatable bonds is 5. The van der Waals surface area contributed by atoms with Gasteiger partial charge >= 0.3 is 0 Å². The first-order valence-corrected chi connectivity index (χ1v) is 7.88. The van der Waals surface area contributed by atoms with Gasteiger partial charge in [-0.05, 0) is 20.3 Å². The number of methoxy groups -OCH3 is 1. The minimum Gasteiger partial charge on any atom is -0.377 e. The molecule has 0 aromatic carbocycles. The highest BCUT2D eigenvalue weighted by Crippen LogP contribution is 2.33. The summed E-state index contributed by atoms with van der Waals surface area (Å²) in [5.41, 5.74) is 3.25. The second kappa shape index (κ2) is 6.74. The zero-order valence-electron chi connectivity index (χ0n) is 14.3. The van der Waals surface area contributed by atoms with Gasteiger partial charge in [0.25, 0.3) is 5.91 Å². The molecule has 0 aliphatic carbocycles. The van der Waals surface area contributed by atoms with E-state index < -0.39 is 0 Å². The lowest BCUT2D eigenvalue weighted by atomic mass is 10.00. The summed E-state index contributed by atoms with van der Waals surface area (Å²) in [7, 11) is 3.46. The van der Waals surface area contributed by atoms with Gasteiger partial charge in [-0.15, -0.1) is 0 Å². The SMILES string of the molecule is COCc1cc(C(=O)N[C@H]2CCO[C@@H]2c2c(C)nn(C)c2C)no1. The van der Waals surface area contributed by atoms with Gasteiger partial charge in [-0.25, -0.2) is 0 Å². The quantitative estimate of drug-likeness (QED) is 0.889. The van der Waals surface area contributed by atoms with Gasteiger partial charge in [0.1, 0.15) is 12.7 Å². The molecule has 0 spiro atoms. The highest BCUT2D eigenvalue weighted by Gasteiger charge is 2.35. The van der Waals surface area contributed by atoms with Crippen molar-refractivity contribution >= 4 is 5.91 Å². The van der Waals surface area contributed by atoms with Gasteiger partial charge in [0.05, 0.1) is 11.7 Å². The number of amides is 1. The van der Waals surface area contributed by atoms with Gasteiger partial charge in [0.15, 0.2) is 11.5 Å². The summed E-state index contributed by atoms with van der Waals surface area (Å²) in [6.07, 6.45) is 0.542. The average Bonchev–Trinajstić information content (AvgIpc) is 3.22. The van der Waals surface area contributed by atoms with Crippen molar-refractivity contribution in [1.82, 2.24) is 20.3 Å². The van der Waals surface area contributed by atoms with Crippen LogP contribution in [-0.2, 0) is 23.1 Å². The standard InChI is InChI=1S/C16H22N4O4/c1-9-14(10(2)20(3)18-9)15-12(5-6-23-15)17-16(21)13-7-11(8-22-4)24-19-13/h7,12,15H,5-6,8H2,1-4H3,(H,17,21)/t12-,15-/m0/s1. The molecule has 1 aliphatic rings. The molecular formula is C16H22N4O4. The Kier molecular flexibility index (Phi) is 4.68. The minimum atomic E-state index is -0.277. The van der Waals surface area contributed by atoms with Crippen molar-refractivity contribution < 1.29 is 18.8 Å². The largest absolute Gasteiger partial charge is 0.377 e. The molecule has 0 unspecified atom stereocenters. The summed E-state index contributed by atoms with van der Waals surface area (Å²) in [4.78, 5) is 12.4. The second-order valence-electron chi connectivity index (χ2n) is 5.98. The Morgan fingerprint density at radius 1 is 1.50 bits per heavy atom. The van der Waals surface area contributed by atoms with E-state index in [1.165, 1.54) is 0 Å². The van der Waals surface area contributed by atoms with Crippen LogP contribution in [-0.4, -0.2) is 40.6 Å². The van der Waals surface area contributed by atoms with E-state index >= 15 is 0 Å². The van der Waals surface area contributed by atoms with Gasteiger partial charge in [-0.3, -0.25) is 9.48 Å². The Hall–Kier alpha value is -2.19. The van der Waals surface area contributed by atoms with Gasteiger partial charge in [-0.2, -0.15) is 5.10 Å². The van der Waals surface area contributed by atoms with Gasteiger partial charge in [0.2, 0.25) is 0 Å². The number of aryl methyl sites for hydroxylation is 2. The van der Waals surface area contributed by atoms with E-state index in [4.69, 9.17) is 14.0 Å². The summed E-state index contributed by atoms with van der Waals surface area (Å²) in [5, 5.41) is 11.2. The zero-order chi connectivity index (χ0) is 17.3. The third-order valence-electron chi connectivity index (χ3n) is 4.34. The molecule has 8 heteroatoms. The van der Waals surface area contributed by atoms with E-state index in [1.807, 2.05) is 25.6 Å². The fourth-order valence-electron chi connectivity index (χ4n) is 3.10. The van der Waals surface area contributed by atoms with Crippen LogP contribution < -0.4 is 5.32 Å². The maximum Gasteiger partial charge on any atom is 0.273 e. The van der Waals surface area contributed by atoms with Crippen LogP contribution in [0.5, 0.6) is 0 Å². The molecule has 3 heterocycles. The highest BCUT2D eigenvalue weighted by molar-refractivity contribution is 5.92. The van der Waals surface area contributed by atoms with Crippen LogP contribution in [0.15, 0.2) is 10.6 Å². The summed E-state index contributed by atoms with van der Waals surface area (Å²) >= 11 is 0. The Labute approximate surface area is 140 Å². The maximum atomic E-state index is 12.4. The fourth-order valence-corrected chi connectivity index (χ4v) is 3.10. The molecule has 130 valence electrons. The van der Waals surface area contributed by atoms with Crippen LogP contribution in [0.2, 0.25) is 0 Å². The fraction of sp³-hybridized carbons (Fsp3) is 0.562. The van der Waals surface area contributed by atoms with Gasteiger partial charge in [-0.1, -0.05) is 5.16 Å². The third kappa shape index (κ3) is 3.07. The monoisotopic (exact) mass is 334 g/mol. The molecule has 1 amide bonds. The first-order chi connectivity index (χ1) is 11.5. The maximum absolute atomic E-state index is 12.4. The number of nitrogens with one attached hydrogen (secondary N) is 1. The molecular weight excluding hydrogens is 312 g/mol. The zero-order valence-corrected chi connectivity index (χ0v) is 14.3. The van der Waals surface area contributed by atoms with Crippen molar-refractivity contribution in [2.75, 3.05) is 13.7 Å². The van der Waals surface area contributed by atoms with Crippen molar-refractivity contribution in [3.8, 4) is 0 Å². The van der Waals surface area contributed by atoms with Crippen LogP contribution in [0, 0.1) is 13.8 Å². The van der Waals surface area contributed by atoms with Gasteiger partial charge < -0.3 is 19.3 Å². The molecule has 1 fully saturated rings. The number of carbonyl (C=O) groups excluding carboxylic acids is 1. The van der Waals surface area contributed by atoms with Crippen molar-refractivity contribution in [2.24, 2.45) is 7.05 Å². The lowest BCUT2D eigenvalue weighted by molar-refractivity contribution is 0.0810. The molecule has 2 atom stereocenters. The Bertz CT molecular complexity index is 737. The summed E-state index contributed by atoms with van der Waals surface area (Å²) in [5.74, 6) is 0.238. The van der Waals surface area contributed by atoms with Crippen molar-refractivity contribution in [2.45, 2.75) is 39.0 Å². The van der Waals surface area contributed by atoms with Crippen molar-refractivity contribution in [3.05, 3.63) is 34.5 Å². The van der Waals surface area contributed by atoms with Gasteiger partial charge in [0, 0.05) is 38.1 Å². The highest BCUT2D eigenvalue weighted by atomic mass is 16.5. The molecule has 0 saturated carbocycles. The van der Waals surface area contributed by atoms with E-state index in [0.29, 0.717) is 12.4 Å². The van der Waals surface area contributed by atoms with Crippen LogP contribution in [0.4, 0.5) is 0 Å². The van der Waals surface area contributed by atoms with Crippen molar-refractivity contribution in [3.63, 3.8) is 0 Å². The Morgan fingerprint density at radius 3 is 2.96 bits per heavy atom. The van der Waals surface area contributed by atoms with E-state index in [9.17, 15) is 4.79 Å². The number of nitrogens with zero attached hydrogens (tertiary/aromatic N) is 3. The first-order valence-electron chi connectivity index (χ1n) is 7.88. The van der Waals surface area contributed by atoms with Crippen LogP contribution in [0.1, 0.15) is 45.7 Å². The van der Waals surface area contributed by atoms with Crippen LogP contribution in [0.25, 0.3) is 0 Å². The Balaban J connectivity index is 1.74. The predicted molar refractivity (Wildman–Crippen MR) is 84.5 cm³/mol. The van der Waals surface area contributed by atoms with E-state index in [1.54, 1.807) is 13.2 Å². The first kappa shape index (κ1) is 16.7. The molecule has 1 N–H and O–H groups in total. The average molecular weight is 334 g/mol. The summed E-state index contributed by atoms with van der Waals surface area (Å²) in [6, 6.07) is 1.46. The molecule has 2 aromatic heterocycles. The van der Waals surface area contributed by atoms with Crippen molar-refractivity contribution in [1.29, 1.82) is 0 Å². The molecule has 3 rings (SSSR count). The molecule has 1 aliphatic heterocycles. The molecule has 0 bridgehead atoms. The smallest absolute Gasteiger partial charge is 0.273 e. The van der Waals surface area contributed by atoms with Crippen LogP contribution in [0.3, 0.4) is 0 Å². The molecule has 1 saturated heterocycles. The number of carbonyl (C=O) groups is 1. The molecule has 8 nitrogen and oxygen atoms in total. The number of aromatic nitrogens is 3. The topological polar surface area (TPSA) is 91.4 Å².